The fourth-order valence-electron chi connectivity index (χ4n) is 2.57. The van der Waals surface area contributed by atoms with Gasteiger partial charge in [-0.05, 0) is 25.5 Å². The van der Waals surface area contributed by atoms with E-state index in [-0.39, 0.29) is 0 Å². The highest BCUT2D eigenvalue weighted by Gasteiger charge is 2.18. The second-order valence-corrected chi connectivity index (χ2v) is 5.29. The molecule has 0 atom stereocenters. The number of aromatic nitrogens is 2. The molecule has 4 nitrogen and oxygen atoms in total. The van der Waals surface area contributed by atoms with Gasteiger partial charge in [0.05, 0.1) is 5.69 Å². The van der Waals surface area contributed by atoms with Crippen LogP contribution in [0.15, 0.2) is 48.5 Å². The second kappa shape index (κ2) is 5.38. The van der Waals surface area contributed by atoms with Crippen LogP contribution >= 0.6 is 0 Å². The van der Waals surface area contributed by atoms with Crippen LogP contribution in [-0.2, 0) is 0 Å². The average Bonchev–Trinajstić information content (AvgIpc) is 2.85. The highest BCUT2D eigenvalue weighted by Crippen LogP contribution is 2.29. The summed E-state index contributed by atoms with van der Waals surface area (Å²) in [4.78, 5) is 0. The lowest BCUT2D eigenvalue weighted by molar-refractivity contribution is 0.886. The van der Waals surface area contributed by atoms with Crippen LogP contribution in [0.5, 0.6) is 0 Å². The number of hydrogen-bond donors (Lipinski definition) is 1. The lowest BCUT2D eigenvalue weighted by Crippen LogP contribution is -2.04. The second-order valence-electron chi connectivity index (χ2n) is 5.29. The molecule has 0 aliphatic heterocycles. The normalized spacial score (nSPS) is 10.4. The number of anilines is 1. The van der Waals surface area contributed by atoms with Gasteiger partial charge in [-0.25, -0.2) is 4.68 Å². The van der Waals surface area contributed by atoms with Crippen molar-refractivity contribution in [3.8, 4) is 23.0 Å². The van der Waals surface area contributed by atoms with E-state index < -0.39 is 0 Å². The Morgan fingerprint density at radius 1 is 1.09 bits per heavy atom. The topological polar surface area (TPSA) is 67.6 Å². The van der Waals surface area contributed by atoms with E-state index in [4.69, 9.17) is 5.73 Å². The highest BCUT2D eigenvalue weighted by molar-refractivity contribution is 5.74. The summed E-state index contributed by atoms with van der Waals surface area (Å²) < 4.78 is 1.65. The molecule has 0 radical (unpaired) electrons. The van der Waals surface area contributed by atoms with E-state index in [2.05, 4.69) is 17.2 Å². The summed E-state index contributed by atoms with van der Waals surface area (Å²) >= 11 is 0. The molecule has 3 aromatic rings. The summed E-state index contributed by atoms with van der Waals surface area (Å²) in [6.07, 6.45) is 0. The van der Waals surface area contributed by atoms with Gasteiger partial charge in [-0.15, -0.1) is 0 Å². The van der Waals surface area contributed by atoms with E-state index in [0.29, 0.717) is 17.1 Å². The minimum atomic E-state index is 0.369. The predicted molar refractivity (Wildman–Crippen MR) is 87.6 cm³/mol. The first-order valence-corrected chi connectivity index (χ1v) is 7.03. The van der Waals surface area contributed by atoms with Crippen molar-refractivity contribution in [3.05, 3.63) is 65.2 Å². The molecule has 108 valence electrons. The maximum atomic E-state index is 9.45. The molecule has 0 saturated carbocycles. The standard InChI is InChI=1S/C18H16N4/c1-12-8-9-16(13(2)10-12)22-18(20)15(11-19)17(21-22)14-6-4-3-5-7-14/h3-10H,20H2,1-2H3. The molecule has 0 saturated heterocycles. The van der Waals surface area contributed by atoms with Gasteiger partial charge in [-0.3, -0.25) is 0 Å². The first kappa shape index (κ1) is 13.9. The number of nitrogens with zero attached hydrogens (tertiary/aromatic N) is 3. The zero-order chi connectivity index (χ0) is 15.7. The Balaban J connectivity index is 2.23. The van der Waals surface area contributed by atoms with Gasteiger partial charge in [0.1, 0.15) is 23.1 Å². The number of nitriles is 1. The minimum Gasteiger partial charge on any atom is -0.382 e. The smallest absolute Gasteiger partial charge is 0.145 e. The molecule has 2 N–H and O–H groups in total. The molecule has 1 aromatic heterocycles. The third kappa shape index (κ3) is 2.23. The Labute approximate surface area is 129 Å². The molecule has 4 heteroatoms. The van der Waals surface area contributed by atoms with Gasteiger partial charge >= 0.3 is 0 Å². The van der Waals surface area contributed by atoms with Crippen molar-refractivity contribution in [2.24, 2.45) is 0 Å². The number of hydrogen-bond acceptors (Lipinski definition) is 3. The molecule has 2 aromatic carbocycles. The summed E-state index contributed by atoms with van der Waals surface area (Å²) in [7, 11) is 0. The van der Waals surface area contributed by atoms with Crippen molar-refractivity contribution in [3.63, 3.8) is 0 Å². The Morgan fingerprint density at radius 3 is 2.45 bits per heavy atom. The summed E-state index contributed by atoms with van der Waals surface area (Å²) in [5.74, 6) is 0.369. The van der Waals surface area contributed by atoms with Crippen molar-refractivity contribution in [1.29, 1.82) is 5.26 Å². The van der Waals surface area contributed by atoms with Crippen LogP contribution in [0, 0.1) is 25.2 Å². The van der Waals surface area contributed by atoms with Gasteiger partial charge in [-0.1, -0.05) is 48.0 Å². The van der Waals surface area contributed by atoms with E-state index >= 15 is 0 Å². The molecule has 0 amide bonds. The Morgan fingerprint density at radius 2 is 1.82 bits per heavy atom. The monoisotopic (exact) mass is 288 g/mol. The van der Waals surface area contributed by atoms with Crippen LogP contribution in [0.1, 0.15) is 16.7 Å². The summed E-state index contributed by atoms with van der Waals surface area (Å²) in [6, 6.07) is 17.9. The summed E-state index contributed by atoms with van der Waals surface area (Å²) in [5.41, 5.74) is 11.2. The molecule has 0 spiro atoms. The van der Waals surface area contributed by atoms with Gasteiger partial charge in [0.15, 0.2) is 0 Å². The van der Waals surface area contributed by atoms with Crippen LogP contribution in [0.3, 0.4) is 0 Å². The third-order valence-corrected chi connectivity index (χ3v) is 3.66. The van der Waals surface area contributed by atoms with Gasteiger partial charge in [0, 0.05) is 5.56 Å². The molecule has 3 rings (SSSR count). The molecule has 0 fully saturated rings. The highest BCUT2D eigenvalue weighted by atomic mass is 15.3. The zero-order valence-electron chi connectivity index (χ0n) is 12.5. The van der Waals surface area contributed by atoms with E-state index in [1.165, 1.54) is 5.56 Å². The first-order valence-electron chi connectivity index (χ1n) is 7.03. The molecular weight excluding hydrogens is 272 g/mol. The molecule has 1 heterocycles. The molecule has 0 aliphatic carbocycles. The predicted octanol–water partition coefficient (Wildman–Crippen LogP) is 3.61. The number of nitrogen functional groups attached to an aromatic ring is 1. The zero-order valence-corrected chi connectivity index (χ0v) is 12.5. The fraction of sp³-hybridized carbons (Fsp3) is 0.111. The van der Waals surface area contributed by atoms with E-state index in [0.717, 1.165) is 16.8 Å². The number of rotatable bonds is 2. The third-order valence-electron chi connectivity index (χ3n) is 3.66. The average molecular weight is 288 g/mol. The SMILES string of the molecule is Cc1ccc(-n2nc(-c3ccccc3)c(C#N)c2N)c(C)c1. The molecule has 22 heavy (non-hydrogen) atoms. The summed E-state index contributed by atoms with van der Waals surface area (Å²) in [5, 5.41) is 14.0. The molecule has 0 aliphatic rings. The maximum absolute atomic E-state index is 9.45. The van der Waals surface area contributed by atoms with E-state index in [1.54, 1.807) is 4.68 Å². The lowest BCUT2D eigenvalue weighted by Gasteiger charge is -2.08. The van der Waals surface area contributed by atoms with Crippen molar-refractivity contribution < 1.29 is 0 Å². The maximum Gasteiger partial charge on any atom is 0.145 e. The summed E-state index contributed by atoms with van der Waals surface area (Å²) in [6.45, 7) is 4.05. The van der Waals surface area contributed by atoms with E-state index in [1.807, 2.05) is 56.3 Å². The van der Waals surface area contributed by atoms with Crippen molar-refractivity contribution in [2.45, 2.75) is 13.8 Å². The van der Waals surface area contributed by atoms with Crippen molar-refractivity contribution in [2.75, 3.05) is 5.73 Å². The van der Waals surface area contributed by atoms with Gasteiger partial charge in [0.25, 0.3) is 0 Å². The van der Waals surface area contributed by atoms with Crippen LogP contribution in [0.2, 0.25) is 0 Å². The fourth-order valence-corrected chi connectivity index (χ4v) is 2.57. The molecule has 0 unspecified atom stereocenters. The van der Waals surface area contributed by atoms with Crippen LogP contribution in [-0.4, -0.2) is 9.78 Å². The first-order chi connectivity index (χ1) is 10.6. The largest absolute Gasteiger partial charge is 0.382 e. The van der Waals surface area contributed by atoms with Crippen LogP contribution < -0.4 is 5.73 Å². The molecular formula is C18H16N4. The van der Waals surface area contributed by atoms with Crippen LogP contribution in [0.25, 0.3) is 16.9 Å². The Kier molecular flexibility index (Phi) is 3.40. The van der Waals surface area contributed by atoms with Gasteiger partial charge in [0.2, 0.25) is 0 Å². The minimum absolute atomic E-state index is 0.369. The Hall–Kier alpha value is -3.06. The van der Waals surface area contributed by atoms with Gasteiger partial charge < -0.3 is 5.73 Å². The molecule has 0 bridgehead atoms. The van der Waals surface area contributed by atoms with Crippen LogP contribution in [0.4, 0.5) is 5.82 Å². The lowest BCUT2D eigenvalue weighted by atomic mass is 10.1. The Bertz CT molecular complexity index is 870. The quantitative estimate of drug-likeness (QED) is 0.783. The van der Waals surface area contributed by atoms with Gasteiger partial charge in [-0.2, -0.15) is 10.4 Å². The van der Waals surface area contributed by atoms with Crippen molar-refractivity contribution in [1.82, 2.24) is 9.78 Å². The number of benzene rings is 2. The van der Waals surface area contributed by atoms with E-state index in [9.17, 15) is 5.26 Å². The van der Waals surface area contributed by atoms with Crippen molar-refractivity contribution >= 4 is 5.82 Å². The number of nitrogens with two attached hydrogens (primary N) is 1. The number of aryl methyl sites for hydroxylation is 2.